The number of hydrogen-bond donors (Lipinski definition) is 0. The Labute approximate surface area is 124 Å². The van der Waals surface area contributed by atoms with Gasteiger partial charge in [0, 0.05) is 0 Å². The molecule has 0 amide bonds. The van der Waals surface area contributed by atoms with Crippen molar-refractivity contribution in [2.75, 3.05) is 6.61 Å². The molecule has 102 valence electrons. The van der Waals surface area contributed by atoms with Gasteiger partial charge in [0.05, 0.1) is 0 Å². The monoisotopic (exact) mass is 328 g/mol. The number of esters is 1. The van der Waals surface area contributed by atoms with E-state index in [2.05, 4.69) is 24.3 Å². The van der Waals surface area contributed by atoms with Crippen LogP contribution in [-0.4, -0.2) is 27.2 Å². The second-order valence-corrected chi connectivity index (χ2v) is 8.45. The van der Waals surface area contributed by atoms with E-state index in [0.29, 0.717) is 6.61 Å². The molecule has 2 aromatic carbocycles. The van der Waals surface area contributed by atoms with Gasteiger partial charge in [-0.25, -0.2) is 0 Å². The average Bonchev–Trinajstić information content (AvgIpc) is 2.50. The third-order valence-corrected chi connectivity index (χ3v) is 7.24. The predicted octanol–water partition coefficient (Wildman–Crippen LogP) is 1.95. The van der Waals surface area contributed by atoms with Crippen LogP contribution in [0.25, 0.3) is 0 Å². The summed E-state index contributed by atoms with van der Waals surface area (Å²) in [6.45, 7) is 2.22. The molecule has 20 heavy (non-hydrogen) atoms. The first kappa shape index (κ1) is 14.6. The Morgan fingerprint density at radius 1 is 1.00 bits per heavy atom. The molecule has 0 unspecified atom stereocenters. The van der Waals surface area contributed by atoms with E-state index >= 15 is 0 Å². The molecule has 0 saturated carbocycles. The number of benzene rings is 2. The van der Waals surface area contributed by atoms with Gasteiger partial charge in [-0.1, -0.05) is 0 Å². The topological polar surface area (TPSA) is 26.3 Å². The molecule has 0 atom stereocenters. The molecule has 0 saturated heterocycles. The van der Waals surface area contributed by atoms with E-state index in [1.54, 1.807) is 6.08 Å². The van der Waals surface area contributed by atoms with Crippen LogP contribution in [0.3, 0.4) is 0 Å². The SMILES string of the molecule is CCOC(=O)C=C[As](c1ccccc1)c1ccccc1. The third-order valence-electron chi connectivity index (χ3n) is 2.72. The van der Waals surface area contributed by atoms with Crippen molar-refractivity contribution in [2.24, 2.45) is 0 Å². The molecule has 0 radical (unpaired) electrons. The van der Waals surface area contributed by atoms with E-state index in [-0.39, 0.29) is 5.97 Å². The van der Waals surface area contributed by atoms with E-state index in [0.717, 1.165) is 0 Å². The maximum atomic E-state index is 11.5. The minimum absolute atomic E-state index is 0.265. The van der Waals surface area contributed by atoms with Crippen LogP contribution in [-0.2, 0) is 9.53 Å². The summed E-state index contributed by atoms with van der Waals surface area (Å²) < 4.78 is 7.56. The molecule has 2 nitrogen and oxygen atoms in total. The zero-order chi connectivity index (χ0) is 14.2. The minimum atomic E-state index is -1.59. The summed E-state index contributed by atoms with van der Waals surface area (Å²) in [6, 6.07) is 20.7. The van der Waals surface area contributed by atoms with Crippen LogP contribution in [0.15, 0.2) is 71.6 Å². The van der Waals surface area contributed by atoms with E-state index in [9.17, 15) is 4.79 Å². The maximum absolute atomic E-state index is 11.5. The Morgan fingerprint density at radius 2 is 1.50 bits per heavy atom. The molecule has 0 aliphatic carbocycles. The summed E-state index contributed by atoms with van der Waals surface area (Å²) in [5.41, 5.74) is 0. The van der Waals surface area contributed by atoms with Gasteiger partial charge in [-0.05, 0) is 0 Å². The van der Waals surface area contributed by atoms with Crippen LogP contribution >= 0.6 is 0 Å². The first-order chi connectivity index (χ1) is 9.81. The Balaban J connectivity index is 2.28. The summed E-state index contributed by atoms with van der Waals surface area (Å²) in [5, 5.41) is 0. The fraction of sp³-hybridized carbons (Fsp3) is 0.118. The zero-order valence-electron chi connectivity index (χ0n) is 11.4. The average molecular weight is 328 g/mol. The van der Waals surface area contributed by atoms with Crippen LogP contribution in [0.5, 0.6) is 0 Å². The van der Waals surface area contributed by atoms with Crippen LogP contribution in [0.4, 0.5) is 0 Å². The Morgan fingerprint density at radius 3 is 1.95 bits per heavy atom. The standard InChI is InChI=1S/C17H17AsO2/c1-2-20-17(19)13-14-18(15-9-5-3-6-10-15)16-11-7-4-8-12-16/h3-14H,2H2,1H3. The Kier molecular flexibility index (Phi) is 5.64. The van der Waals surface area contributed by atoms with Gasteiger partial charge >= 0.3 is 124 Å². The molecule has 0 aliphatic heterocycles. The van der Waals surface area contributed by atoms with Crippen LogP contribution in [0.1, 0.15) is 6.92 Å². The van der Waals surface area contributed by atoms with Crippen molar-refractivity contribution in [1.82, 2.24) is 0 Å². The predicted molar refractivity (Wildman–Crippen MR) is 83.7 cm³/mol. The van der Waals surface area contributed by atoms with Crippen molar-refractivity contribution in [3.63, 3.8) is 0 Å². The van der Waals surface area contributed by atoms with E-state index < -0.39 is 14.7 Å². The van der Waals surface area contributed by atoms with Gasteiger partial charge in [0.1, 0.15) is 0 Å². The van der Waals surface area contributed by atoms with Gasteiger partial charge in [0.15, 0.2) is 0 Å². The normalized spacial score (nSPS) is 10.9. The molecule has 0 fully saturated rings. The Bertz CT molecular complexity index is 525. The fourth-order valence-electron chi connectivity index (χ4n) is 1.82. The van der Waals surface area contributed by atoms with Crippen LogP contribution in [0, 0.1) is 0 Å². The summed E-state index contributed by atoms with van der Waals surface area (Å²) in [7, 11) is 0. The molecular weight excluding hydrogens is 311 g/mol. The van der Waals surface area contributed by atoms with E-state index in [1.165, 1.54) is 8.70 Å². The van der Waals surface area contributed by atoms with Crippen LogP contribution < -0.4 is 8.70 Å². The van der Waals surface area contributed by atoms with Crippen molar-refractivity contribution in [3.8, 4) is 0 Å². The first-order valence-corrected chi connectivity index (χ1v) is 9.51. The second-order valence-electron chi connectivity index (χ2n) is 4.11. The van der Waals surface area contributed by atoms with Gasteiger partial charge in [0.25, 0.3) is 0 Å². The molecule has 0 heterocycles. The van der Waals surface area contributed by atoms with Gasteiger partial charge in [-0.2, -0.15) is 0 Å². The van der Waals surface area contributed by atoms with Gasteiger partial charge < -0.3 is 0 Å². The fourth-order valence-corrected chi connectivity index (χ4v) is 5.81. The van der Waals surface area contributed by atoms with Gasteiger partial charge in [-0.3, -0.25) is 0 Å². The number of carbonyl (C=O) groups excluding carboxylic acids is 1. The van der Waals surface area contributed by atoms with Crippen molar-refractivity contribution in [3.05, 3.63) is 71.6 Å². The second kappa shape index (κ2) is 7.71. The summed E-state index contributed by atoms with van der Waals surface area (Å²) in [4.78, 5) is 13.6. The quantitative estimate of drug-likeness (QED) is 0.476. The molecule has 0 N–H and O–H groups in total. The molecule has 2 aromatic rings. The number of hydrogen-bond acceptors (Lipinski definition) is 2. The zero-order valence-corrected chi connectivity index (χ0v) is 13.3. The summed E-state index contributed by atoms with van der Waals surface area (Å²) >= 11 is -1.59. The molecular formula is C17H17AsO2. The van der Waals surface area contributed by atoms with Crippen molar-refractivity contribution in [1.29, 1.82) is 0 Å². The van der Waals surface area contributed by atoms with Crippen molar-refractivity contribution in [2.45, 2.75) is 6.92 Å². The molecule has 0 bridgehead atoms. The molecule has 0 aliphatic rings. The van der Waals surface area contributed by atoms with Crippen molar-refractivity contribution < 1.29 is 9.53 Å². The van der Waals surface area contributed by atoms with E-state index in [1.807, 2.05) is 48.2 Å². The molecule has 3 heteroatoms. The molecule has 0 aromatic heterocycles. The number of rotatable bonds is 5. The summed E-state index contributed by atoms with van der Waals surface area (Å²) in [6.07, 6.45) is 1.57. The summed E-state index contributed by atoms with van der Waals surface area (Å²) in [5.74, 6) is -0.265. The number of carbonyl (C=O) groups is 1. The third kappa shape index (κ3) is 4.11. The van der Waals surface area contributed by atoms with E-state index in [4.69, 9.17) is 4.74 Å². The van der Waals surface area contributed by atoms with Crippen molar-refractivity contribution >= 4 is 29.3 Å². The van der Waals surface area contributed by atoms with Gasteiger partial charge in [0.2, 0.25) is 0 Å². The molecule has 2 rings (SSSR count). The number of ether oxygens (including phenoxy) is 1. The first-order valence-electron chi connectivity index (χ1n) is 6.55. The van der Waals surface area contributed by atoms with Gasteiger partial charge in [-0.15, -0.1) is 0 Å². The Hall–Kier alpha value is -1.79. The molecule has 0 spiro atoms. The van der Waals surface area contributed by atoms with Crippen LogP contribution in [0.2, 0.25) is 0 Å².